The van der Waals surface area contributed by atoms with Gasteiger partial charge in [0.25, 0.3) is 0 Å². The number of rotatable bonds is 12. The van der Waals surface area contributed by atoms with E-state index in [0.29, 0.717) is 18.2 Å². The number of benzene rings is 2. The predicted octanol–water partition coefficient (Wildman–Crippen LogP) is 5.51. The molecule has 154 valence electrons. The zero-order valence-electron chi connectivity index (χ0n) is 16.9. The molecule has 0 spiro atoms. The SMILES string of the molecule is CCN(CC)CCCNCc1c(Br)ccc(OC)c1OCc1ccccc1Cl. The number of nitrogens with zero attached hydrogens (tertiary/aromatic N) is 1. The lowest BCUT2D eigenvalue weighted by Gasteiger charge is -2.19. The van der Waals surface area contributed by atoms with Gasteiger partial charge in [0.1, 0.15) is 6.61 Å². The smallest absolute Gasteiger partial charge is 0.167 e. The monoisotopic (exact) mass is 468 g/mol. The van der Waals surface area contributed by atoms with Crippen molar-refractivity contribution < 1.29 is 9.47 Å². The van der Waals surface area contributed by atoms with Crippen LogP contribution in [0.25, 0.3) is 0 Å². The van der Waals surface area contributed by atoms with Crippen LogP contribution in [0.3, 0.4) is 0 Å². The van der Waals surface area contributed by atoms with Crippen LogP contribution in [-0.2, 0) is 13.2 Å². The van der Waals surface area contributed by atoms with Crippen LogP contribution < -0.4 is 14.8 Å². The number of hydrogen-bond donors (Lipinski definition) is 1. The lowest BCUT2D eigenvalue weighted by molar-refractivity contribution is 0.279. The van der Waals surface area contributed by atoms with E-state index >= 15 is 0 Å². The molecule has 6 heteroatoms. The van der Waals surface area contributed by atoms with E-state index in [9.17, 15) is 0 Å². The summed E-state index contributed by atoms with van der Waals surface area (Å²) in [5.41, 5.74) is 2.00. The first-order valence-corrected chi connectivity index (χ1v) is 10.9. The van der Waals surface area contributed by atoms with Crippen LogP contribution in [0, 0.1) is 0 Å². The summed E-state index contributed by atoms with van der Waals surface area (Å²) in [4.78, 5) is 2.43. The quantitative estimate of drug-likeness (QED) is 0.415. The van der Waals surface area contributed by atoms with E-state index < -0.39 is 0 Å². The van der Waals surface area contributed by atoms with E-state index in [4.69, 9.17) is 21.1 Å². The molecule has 0 aromatic heterocycles. The van der Waals surface area contributed by atoms with Gasteiger partial charge in [-0.05, 0) is 50.8 Å². The highest BCUT2D eigenvalue weighted by molar-refractivity contribution is 9.10. The van der Waals surface area contributed by atoms with Crippen LogP contribution in [0.15, 0.2) is 40.9 Å². The van der Waals surface area contributed by atoms with Crippen LogP contribution in [0.5, 0.6) is 11.5 Å². The van der Waals surface area contributed by atoms with Crippen molar-refractivity contribution in [3.63, 3.8) is 0 Å². The van der Waals surface area contributed by atoms with Gasteiger partial charge in [-0.15, -0.1) is 0 Å². The molecule has 0 saturated carbocycles. The van der Waals surface area contributed by atoms with Crippen molar-refractivity contribution in [2.24, 2.45) is 0 Å². The minimum Gasteiger partial charge on any atom is -0.493 e. The van der Waals surface area contributed by atoms with Gasteiger partial charge in [-0.3, -0.25) is 0 Å². The Balaban J connectivity index is 2.03. The Labute approximate surface area is 182 Å². The molecule has 0 aliphatic heterocycles. The zero-order valence-corrected chi connectivity index (χ0v) is 19.3. The lowest BCUT2D eigenvalue weighted by atomic mass is 10.1. The Morgan fingerprint density at radius 2 is 1.86 bits per heavy atom. The average molecular weight is 470 g/mol. The second kappa shape index (κ2) is 12.3. The molecular formula is C22H30BrClN2O2. The standard InChI is InChI=1S/C22H30BrClN2O2/c1-4-26(5-2)14-8-13-25-15-18-19(23)11-12-21(27-3)22(18)28-16-17-9-6-7-10-20(17)24/h6-7,9-12,25H,4-5,8,13-16H2,1-3H3. The first kappa shape index (κ1) is 23.0. The fraction of sp³-hybridized carbons (Fsp3) is 0.455. The maximum Gasteiger partial charge on any atom is 0.167 e. The first-order valence-electron chi connectivity index (χ1n) is 9.75. The molecule has 2 aromatic rings. The summed E-state index contributed by atoms with van der Waals surface area (Å²) in [6.45, 7) is 9.74. The van der Waals surface area contributed by atoms with Crippen molar-refractivity contribution in [2.75, 3.05) is 33.3 Å². The van der Waals surface area contributed by atoms with Crippen LogP contribution in [0.2, 0.25) is 5.02 Å². The summed E-state index contributed by atoms with van der Waals surface area (Å²) < 4.78 is 12.7. The molecule has 0 saturated heterocycles. The van der Waals surface area contributed by atoms with E-state index in [2.05, 4.69) is 40.0 Å². The second-order valence-corrected chi connectivity index (χ2v) is 7.76. The third-order valence-corrected chi connectivity index (χ3v) is 5.85. The molecule has 0 bridgehead atoms. The molecule has 0 unspecified atom stereocenters. The molecule has 2 rings (SSSR count). The van der Waals surface area contributed by atoms with Gasteiger partial charge in [0, 0.05) is 27.2 Å². The fourth-order valence-electron chi connectivity index (χ4n) is 3.01. The Morgan fingerprint density at radius 3 is 2.54 bits per heavy atom. The molecule has 1 N–H and O–H groups in total. The minimum atomic E-state index is 0.390. The molecule has 0 aliphatic carbocycles. The van der Waals surface area contributed by atoms with Crippen molar-refractivity contribution in [3.05, 3.63) is 57.0 Å². The number of hydrogen-bond acceptors (Lipinski definition) is 4. The Bertz CT molecular complexity index is 738. The number of ether oxygens (including phenoxy) is 2. The second-order valence-electron chi connectivity index (χ2n) is 6.49. The maximum absolute atomic E-state index is 6.27. The lowest BCUT2D eigenvalue weighted by Crippen LogP contribution is -2.27. The van der Waals surface area contributed by atoms with Crippen molar-refractivity contribution >= 4 is 27.5 Å². The molecule has 28 heavy (non-hydrogen) atoms. The van der Waals surface area contributed by atoms with Gasteiger partial charge < -0.3 is 19.7 Å². The van der Waals surface area contributed by atoms with Crippen molar-refractivity contribution in [3.8, 4) is 11.5 Å². The molecule has 4 nitrogen and oxygen atoms in total. The van der Waals surface area contributed by atoms with Gasteiger partial charge in [-0.25, -0.2) is 0 Å². The first-order chi connectivity index (χ1) is 13.6. The van der Waals surface area contributed by atoms with Crippen molar-refractivity contribution in [2.45, 2.75) is 33.4 Å². The Kier molecular flexibility index (Phi) is 10.1. The van der Waals surface area contributed by atoms with E-state index in [1.165, 1.54) is 0 Å². The number of methoxy groups -OCH3 is 1. The minimum absolute atomic E-state index is 0.390. The molecule has 0 atom stereocenters. The predicted molar refractivity (Wildman–Crippen MR) is 121 cm³/mol. The van der Waals surface area contributed by atoms with Crippen molar-refractivity contribution in [1.82, 2.24) is 10.2 Å². The molecule has 2 aromatic carbocycles. The summed E-state index contributed by atoms with van der Waals surface area (Å²) in [7, 11) is 1.66. The summed E-state index contributed by atoms with van der Waals surface area (Å²) in [5, 5.41) is 4.23. The third kappa shape index (κ3) is 6.66. The van der Waals surface area contributed by atoms with E-state index in [-0.39, 0.29) is 0 Å². The van der Waals surface area contributed by atoms with Crippen molar-refractivity contribution in [1.29, 1.82) is 0 Å². The topological polar surface area (TPSA) is 33.7 Å². The maximum atomic E-state index is 6.27. The zero-order chi connectivity index (χ0) is 20.4. The average Bonchev–Trinajstić information content (AvgIpc) is 2.71. The number of halogens is 2. The van der Waals surface area contributed by atoms with Crippen LogP contribution >= 0.6 is 27.5 Å². The van der Waals surface area contributed by atoms with E-state index in [0.717, 1.165) is 59.7 Å². The van der Waals surface area contributed by atoms with Gasteiger partial charge in [-0.2, -0.15) is 0 Å². The van der Waals surface area contributed by atoms with E-state index in [1.54, 1.807) is 7.11 Å². The summed E-state index contributed by atoms with van der Waals surface area (Å²) in [6, 6.07) is 11.6. The van der Waals surface area contributed by atoms with Gasteiger partial charge in [0.05, 0.1) is 7.11 Å². The van der Waals surface area contributed by atoms with Crippen LogP contribution in [0.4, 0.5) is 0 Å². The summed E-state index contributed by atoms with van der Waals surface area (Å²) in [5.74, 6) is 1.46. The van der Waals surface area contributed by atoms with Gasteiger partial charge >= 0.3 is 0 Å². The Morgan fingerprint density at radius 1 is 1.11 bits per heavy atom. The highest BCUT2D eigenvalue weighted by Crippen LogP contribution is 2.37. The molecule has 0 heterocycles. The fourth-order valence-corrected chi connectivity index (χ4v) is 3.65. The number of nitrogens with one attached hydrogen (secondary N) is 1. The van der Waals surface area contributed by atoms with Gasteiger partial charge in [0.15, 0.2) is 11.5 Å². The Hall–Kier alpha value is -1.27. The van der Waals surface area contributed by atoms with E-state index in [1.807, 2.05) is 36.4 Å². The van der Waals surface area contributed by atoms with Gasteiger partial charge in [-0.1, -0.05) is 59.6 Å². The third-order valence-electron chi connectivity index (χ3n) is 4.74. The molecular weight excluding hydrogens is 440 g/mol. The van der Waals surface area contributed by atoms with Crippen LogP contribution in [-0.4, -0.2) is 38.2 Å². The van der Waals surface area contributed by atoms with Crippen LogP contribution in [0.1, 0.15) is 31.4 Å². The highest BCUT2D eigenvalue weighted by Gasteiger charge is 2.15. The molecule has 0 amide bonds. The molecule has 0 aliphatic rings. The molecule has 0 fully saturated rings. The highest BCUT2D eigenvalue weighted by atomic mass is 79.9. The molecule has 0 radical (unpaired) electrons. The summed E-state index contributed by atoms with van der Waals surface area (Å²) >= 11 is 9.92. The van der Waals surface area contributed by atoms with Gasteiger partial charge in [0.2, 0.25) is 0 Å². The summed E-state index contributed by atoms with van der Waals surface area (Å²) in [6.07, 6.45) is 1.11. The largest absolute Gasteiger partial charge is 0.493 e. The normalized spacial score (nSPS) is 11.1.